The summed E-state index contributed by atoms with van der Waals surface area (Å²) in [5, 5.41) is 0. The third kappa shape index (κ3) is 8.80. The predicted octanol–water partition coefficient (Wildman–Crippen LogP) is 5.70. The predicted molar refractivity (Wildman–Crippen MR) is 97.1 cm³/mol. The normalized spacial score (nSPS) is 16.3. The smallest absolute Gasteiger partial charge is 0.119 e. The van der Waals surface area contributed by atoms with Crippen LogP contribution in [0.4, 0.5) is 0 Å². The number of hydrogen-bond acceptors (Lipinski definition) is 2. The van der Waals surface area contributed by atoms with E-state index in [0.717, 1.165) is 18.8 Å². The first-order chi connectivity index (χ1) is 11.4. The zero-order valence-electron chi connectivity index (χ0n) is 14.5. The van der Waals surface area contributed by atoms with Crippen molar-refractivity contribution in [3.63, 3.8) is 0 Å². The molecule has 1 fully saturated rings. The molecule has 1 unspecified atom stereocenters. The second-order valence-corrected chi connectivity index (χ2v) is 6.57. The molecule has 0 radical (unpaired) electrons. The van der Waals surface area contributed by atoms with Crippen LogP contribution in [0.2, 0.25) is 0 Å². The molecular formula is C21H32O2. The van der Waals surface area contributed by atoms with Crippen LogP contribution in [0.15, 0.2) is 36.9 Å². The summed E-state index contributed by atoms with van der Waals surface area (Å²) in [5.74, 6) is 0.984. The lowest BCUT2D eigenvalue weighted by Gasteiger charge is -2.07. The number of benzene rings is 1. The van der Waals surface area contributed by atoms with Crippen LogP contribution >= 0.6 is 0 Å². The summed E-state index contributed by atoms with van der Waals surface area (Å²) < 4.78 is 10.9. The lowest BCUT2D eigenvalue weighted by molar-refractivity contribution is 0.263. The highest BCUT2D eigenvalue weighted by Gasteiger charge is 2.22. The van der Waals surface area contributed by atoms with Crippen molar-refractivity contribution >= 4 is 0 Å². The van der Waals surface area contributed by atoms with Crippen molar-refractivity contribution in [3.8, 4) is 5.75 Å². The molecule has 0 amide bonds. The van der Waals surface area contributed by atoms with E-state index in [9.17, 15) is 0 Å². The van der Waals surface area contributed by atoms with E-state index in [4.69, 9.17) is 9.47 Å². The van der Waals surface area contributed by atoms with Gasteiger partial charge in [0.25, 0.3) is 0 Å². The minimum Gasteiger partial charge on any atom is -0.491 e. The van der Waals surface area contributed by atoms with Crippen LogP contribution in [0, 0.1) is 0 Å². The summed E-state index contributed by atoms with van der Waals surface area (Å²) in [6, 6.07) is 8.53. The van der Waals surface area contributed by atoms with Crippen molar-refractivity contribution in [2.24, 2.45) is 0 Å². The summed E-state index contributed by atoms with van der Waals surface area (Å²) in [6.45, 7) is 5.31. The Morgan fingerprint density at radius 1 is 1.04 bits per heavy atom. The van der Waals surface area contributed by atoms with E-state index >= 15 is 0 Å². The number of hydrogen-bond donors (Lipinski definition) is 0. The number of unbranched alkanes of at least 4 members (excludes halogenated alkanes) is 8. The Balaban J connectivity index is 1.47. The summed E-state index contributed by atoms with van der Waals surface area (Å²) in [5.41, 5.74) is 1.39. The zero-order valence-corrected chi connectivity index (χ0v) is 14.5. The molecule has 1 aliphatic rings. The second kappa shape index (κ2) is 11.3. The van der Waals surface area contributed by atoms with Crippen molar-refractivity contribution < 1.29 is 9.47 Å². The van der Waals surface area contributed by atoms with Gasteiger partial charge in [-0.05, 0) is 43.4 Å². The Bertz CT molecular complexity index is 437. The van der Waals surface area contributed by atoms with Crippen LogP contribution in [0.3, 0.4) is 0 Å². The van der Waals surface area contributed by atoms with Gasteiger partial charge in [0, 0.05) is 0 Å². The van der Waals surface area contributed by atoms with E-state index in [1.54, 1.807) is 0 Å². The quantitative estimate of drug-likeness (QED) is 0.249. The number of epoxide rings is 1. The van der Waals surface area contributed by atoms with Gasteiger partial charge in [-0.15, -0.1) is 6.58 Å². The summed E-state index contributed by atoms with van der Waals surface area (Å²) in [6.07, 6.45) is 15.5. The van der Waals surface area contributed by atoms with Gasteiger partial charge in [0.05, 0.1) is 6.61 Å². The van der Waals surface area contributed by atoms with Gasteiger partial charge in [-0.2, -0.15) is 0 Å². The Morgan fingerprint density at radius 3 is 2.43 bits per heavy atom. The molecule has 0 N–H and O–H groups in total. The highest BCUT2D eigenvalue weighted by Crippen LogP contribution is 2.18. The molecular weight excluding hydrogens is 284 g/mol. The average Bonchev–Trinajstić information content (AvgIpc) is 3.39. The first kappa shape index (κ1) is 18.1. The molecule has 1 heterocycles. The van der Waals surface area contributed by atoms with Gasteiger partial charge in [-0.3, -0.25) is 0 Å². The van der Waals surface area contributed by atoms with E-state index in [1.807, 2.05) is 12.1 Å². The highest BCUT2D eigenvalue weighted by atomic mass is 16.6. The minimum atomic E-state index is 0.329. The Hall–Kier alpha value is -1.28. The van der Waals surface area contributed by atoms with Crippen LogP contribution < -0.4 is 4.74 Å². The lowest BCUT2D eigenvalue weighted by Crippen LogP contribution is -2.04. The molecule has 1 aromatic carbocycles. The fraction of sp³-hybridized carbons (Fsp3) is 0.619. The number of ether oxygens (including phenoxy) is 2. The van der Waals surface area contributed by atoms with E-state index in [0.29, 0.717) is 12.7 Å². The van der Waals surface area contributed by atoms with Crippen molar-refractivity contribution in [1.82, 2.24) is 0 Å². The molecule has 1 aliphatic heterocycles. The lowest BCUT2D eigenvalue weighted by atomic mass is 10.0. The van der Waals surface area contributed by atoms with E-state index < -0.39 is 0 Å². The second-order valence-electron chi connectivity index (χ2n) is 6.57. The van der Waals surface area contributed by atoms with Crippen molar-refractivity contribution in [2.45, 2.75) is 70.3 Å². The first-order valence-corrected chi connectivity index (χ1v) is 9.33. The maximum atomic E-state index is 5.74. The monoisotopic (exact) mass is 316 g/mol. The molecule has 2 rings (SSSR count). The molecule has 0 bridgehead atoms. The Kier molecular flexibility index (Phi) is 8.86. The van der Waals surface area contributed by atoms with Crippen molar-refractivity contribution in [3.05, 3.63) is 42.5 Å². The van der Waals surface area contributed by atoms with E-state index in [1.165, 1.54) is 63.4 Å². The van der Waals surface area contributed by atoms with Gasteiger partial charge in [0.2, 0.25) is 0 Å². The van der Waals surface area contributed by atoms with Gasteiger partial charge in [0.1, 0.15) is 18.5 Å². The van der Waals surface area contributed by atoms with Crippen LogP contribution in [-0.4, -0.2) is 19.3 Å². The van der Waals surface area contributed by atoms with Gasteiger partial charge >= 0.3 is 0 Å². The van der Waals surface area contributed by atoms with Crippen molar-refractivity contribution in [2.75, 3.05) is 13.2 Å². The summed E-state index contributed by atoms with van der Waals surface area (Å²) >= 11 is 0. The van der Waals surface area contributed by atoms with Gasteiger partial charge in [-0.1, -0.05) is 56.7 Å². The van der Waals surface area contributed by atoms with Crippen LogP contribution in [0.5, 0.6) is 5.75 Å². The van der Waals surface area contributed by atoms with Gasteiger partial charge in [-0.25, -0.2) is 0 Å². The van der Waals surface area contributed by atoms with Crippen LogP contribution in [0.25, 0.3) is 0 Å². The standard InChI is InChI=1S/C21H32O2/c1-2-3-4-5-6-7-8-9-10-11-13-19-14-12-15-20(16-19)22-17-21-18-23-21/h2,12,14-16,21H,1,3-11,13,17-18H2. The SMILES string of the molecule is C=CCCCCCCCCCCc1cccc(OCC2CO2)c1. The molecule has 0 aromatic heterocycles. The fourth-order valence-electron chi connectivity index (χ4n) is 2.82. The third-order valence-electron chi connectivity index (χ3n) is 4.36. The average molecular weight is 316 g/mol. The molecule has 1 atom stereocenters. The van der Waals surface area contributed by atoms with Crippen molar-refractivity contribution in [1.29, 1.82) is 0 Å². The van der Waals surface area contributed by atoms with Crippen LogP contribution in [-0.2, 0) is 11.2 Å². The number of aryl methyl sites for hydroxylation is 1. The van der Waals surface area contributed by atoms with E-state index in [-0.39, 0.29) is 0 Å². The summed E-state index contributed by atoms with van der Waals surface area (Å²) in [7, 11) is 0. The maximum absolute atomic E-state index is 5.74. The number of allylic oxidation sites excluding steroid dienone is 1. The molecule has 23 heavy (non-hydrogen) atoms. The number of rotatable bonds is 14. The molecule has 0 saturated carbocycles. The topological polar surface area (TPSA) is 21.8 Å². The fourth-order valence-corrected chi connectivity index (χ4v) is 2.82. The Morgan fingerprint density at radius 2 is 1.74 bits per heavy atom. The van der Waals surface area contributed by atoms with Gasteiger partial charge in [0.15, 0.2) is 0 Å². The molecule has 0 aliphatic carbocycles. The third-order valence-corrected chi connectivity index (χ3v) is 4.36. The van der Waals surface area contributed by atoms with Crippen LogP contribution in [0.1, 0.15) is 63.4 Å². The molecule has 1 saturated heterocycles. The van der Waals surface area contributed by atoms with E-state index in [2.05, 4.69) is 24.8 Å². The molecule has 1 aromatic rings. The highest BCUT2D eigenvalue weighted by molar-refractivity contribution is 5.28. The summed E-state index contributed by atoms with van der Waals surface area (Å²) in [4.78, 5) is 0. The molecule has 2 heteroatoms. The zero-order chi connectivity index (χ0) is 16.2. The molecule has 0 spiro atoms. The van der Waals surface area contributed by atoms with Gasteiger partial charge < -0.3 is 9.47 Å². The minimum absolute atomic E-state index is 0.329. The largest absolute Gasteiger partial charge is 0.491 e. The molecule has 2 nitrogen and oxygen atoms in total. The maximum Gasteiger partial charge on any atom is 0.119 e. The molecule has 128 valence electrons. The first-order valence-electron chi connectivity index (χ1n) is 9.33. The Labute approximate surface area is 141 Å².